The van der Waals surface area contributed by atoms with Gasteiger partial charge < -0.3 is 0 Å². The van der Waals surface area contributed by atoms with E-state index in [2.05, 4.69) is 64.0 Å². The summed E-state index contributed by atoms with van der Waals surface area (Å²) in [4.78, 5) is 1.31. The molecule has 4 rings (SSSR count). The molecule has 92 valence electrons. The summed E-state index contributed by atoms with van der Waals surface area (Å²) in [7, 11) is 0. The second kappa shape index (κ2) is 3.13. The van der Waals surface area contributed by atoms with Crippen molar-refractivity contribution in [2.45, 2.75) is 18.0 Å². The van der Waals surface area contributed by atoms with Crippen LogP contribution in [0.15, 0.2) is 53.6 Å². The molecule has 2 aromatic rings. The van der Waals surface area contributed by atoms with Gasteiger partial charge in [0.2, 0.25) is 0 Å². The number of rotatable bonds is 0. The van der Waals surface area contributed by atoms with Crippen LogP contribution in [0, 0.1) is 0 Å². The standard InChI is InChI=1S/C13H13ClN2SSi/c1-18(14)15-9-5-4-6-11(15)10-16(18)12-7-2-3-8-13(12)17-18/h2-9H,10H2,1H3. The quantitative estimate of drug-likeness (QED) is 0.544. The Hall–Kier alpha value is -0.973. The fraction of sp³-hybridized carbons (Fsp3) is 0.154. The Morgan fingerprint density at radius 1 is 1.22 bits per heavy atom. The third-order valence-corrected chi connectivity index (χ3v) is 13.2. The molecule has 18 heavy (non-hydrogen) atoms. The zero-order chi connectivity index (χ0) is 12.4. The van der Waals surface area contributed by atoms with Gasteiger partial charge in [0.1, 0.15) is 0 Å². The average Bonchev–Trinajstić information content (AvgIpc) is 2.73. The van der Waals surface area contributed by atoms with E-state index < -0.39 is 6.13 Å². The molecule has 2 nitrogen and oxygen atoms in total. The molecule has 1 aromatic heterocycles. The van der Waals surface area contributed by atoms with Crippen molar-refractivity contribution in [2.24, 2.45) is 0 Å². The van der Waals surface area contributed by atoms with E-state index in [-0.39, 0.29) is 0 Å². The molecule has 2 aliphatic heterocycles. The molecule has 1 aromatic carbocycles. The van der Waals surface area contributed by atoms with E-state index in [0.29, 0.717) is 0 Å². The third-order valence-electron chi connectivity index (χ3n) is 3.90. The predicted molar refractivity (Wildman–Crippen MR) is 78.0 cm³/mol. The number of pyridine rings is 1. The topological polar surface area (TPSA) is 7.12 Å². The molecular formula is C13H13ClN2SSi. The molecule has 0 saturated carbocycles. The number of benzene rings is 1. The first-order valence-electron chi connectivity index (χ1n) is 6.04. The Morgan fingerprint density at radius 3 is 2.89 bits per heavy atom. The maximum atomic E-state index is 7.22. The number of anilines is 1. The van der Waals surface area contributed by atoms with Crippen LogP contribution >= 0.6 is 22.3 Å². The van der Waals surface area contributed by atoms with Crippen LogP contribution < -0.4 is 8.80 Å². The molecule has 0 unspecified atom stereocenters. The van der Waals surface area contributed by atoms with Gasteiger partial charge in [-0.1, -0.05) is 0 Å². The minimum absolute atomic E-state index is 0.915. The van der Waals surface area contributed by atoms with Gasteiger partial charge in [0.15, 0.2) is 0 Å². The first-order chi connectivity index (χ1) is 8.58. The maximum absolute atomic E-state index is 7.22. The van der Waals surface area contributed by atoms with Crippen molar-refractivity contribution in [1.29, 1.82) is 0 Å². The molecule has 5 heteroatoms. The number of fused-ring (bicyclic) bond motifs is 5. The minimum atomic E-state index is -2.91. The number of para-hydroxylation sites is 1. The number of hydrogen-bond donors (Lipinski definition) is 0. The molecule has 2 aliphatic rings. The van der Waals surface area contributed by atoms with Crippen LogP contribution in [0.4, 0.5) is 5.69 Å². The zero-order valence-corrected chi connectivity index (χ0v) is 12.6. The Balaban J connectivity index is 2.01. The number of halogens is 1. The van der Waals surface area contributed by atoms with Crippen LogP contribution in [0.3, 0.4) is 0 Å². The van der Waals surface area contributed by atoms with Gasteiger partial charge in [-0.25, -0.2) is 0 Å². The summed E-state index contributed by atoms with van der Waals surface area (Å²) in [5, 5.41) is 0. The van der Waals surface area contributed by atoms with Gasteiger partial charge in [0.25, 0.3) is 0 Å². The molecule has 0 aliphatic carbocycles. The molecule has 0 saturated heterocycles. The fourth-order valence-corrected chi connectivity index (χ4v) is 12.3. The second-order valence-electron chi connectivity index (χ2n) is 5.09. The second-order valence-corrected chi connectivity index (χ2v) is 16.4. The van der Waals surface area contributed by atoms with Gasteiger partial charge in [0, 0.05) is 0 Å². The summed E-state index contributed by atoms with van der Waals surface area (Å²) in [6, 6.07) is 14.9. The summed E-state index contributed by atoms with van der Waals surface area (Å²) in [5.41, 5.74) is 2.60. The Bertz CT molecular complexity index is 674. The van der Waals surface area contributed by atoms with Crippen molar-refractivity contribution in [3.05, 3.63) is 54.4 Å². The molecule has 0 radical (unpaired) electrons. The molecule has 0 bridgehead atoms. The van der Waals surface area contributed by atoms with Gasteiger partial charge in [-0.2, -0.15) is 0 Å². The number of hydrogen-bond acceptors (Lipinski definition) is 2. The average molecular weight is 293 g/mol. The van der Waals surface area contributed by atoms with Crippen molar-refractivity contribution >= 4 is 34.1 Å². The first kappa shape index (κ1) is 10.9. The number of nitrogens with zero attached hydrogens (tertiary/aromatic N) is 2. The number of aromatic nitrogens is 1. The van der Waals surface area contributed by atoms with Gasteiger partial charge in [-0.15, -0.1) is 0 Å². The van der Waals surface area contributed by atoms with E-state index in [9.17, 15) is 0 Å². The Labute approximate surface area is 115 Å². The van der Waals surface area contributed by atoms with Crippen LogP contribution in [0.2, 0.25) is 6.55 Å². The van der Waals surface area contributed by atoms with Crippen molar-refractivity contribution in [3.8, 4) is 0 Å². The van der Waals surface area contributed by atoms with E-state index in [1.54, 1.807) is 0 Å². The van der Waals surface area contributed by atoms with Crippen LogP contribution in [-0.4, -0.2) is 6.13 Å². The van der Waals surface area contributed by atoms with E-state index in [1.165, 1.54) is 16.3 Å². The molecule has 0 spiro atoms. The van der Waals surface area contributed by atoms with E-state index >= 15 is 0 Å². The van der Waals surface area contributed by atoms with Crippen LogP contribution in [0.5, 0.6) is 0 Å². The van der Waals surface area contributed by atoms with Crippen molar-refractivity contribution in [2.75, 3.05) is 4.57 Å². The van der Waals surface area contributed by atoms with Crippen molar-refractivity contribution in [1.82, 2.24) is 0 Å². The monoisotopic (exact) mass is 292 g/mol. The predicted octanol–water partition coefficient (Wildman–Crippen LogP) is 3.21. The van der Waals surface area contributed by atoms with Gasteiger partial charge in [-0.05, 0) is 0 Å². The Kier molecular flexibility index (Phi) is 1.89. The molecule has 3 heterocycles. The molecular weight excluding hydrogens is 280 g/mol. The first-order valence-corrected chi connectivity index (χ1v) is 11.5. The van der Waals surface area contributed by atoms with Crippen LogP contribution in [0.1, 0.15) is 5.69 Å². The molecule has 0 amide bonds. The normalized spacial score (nSPS) is 23.7. The van der Waals surface area contributed by atoms with Gasteiger partial charge >= 0.3 is 115 Å². The molecule has 0 fully saturated rings. The molecule has 0 atom stereocenters. The fourth-order valence-electron chi connectivity index (χ4n) is 3.04. The third kappa shape index (κ3) is 1.14. The Morgan fingerprint density at radius 2 is 2.00 bits per heavy atom. The van der Waals surface area contributed by atoms with Crippen LogP contribution in [0.25, 0.3) is 0 Å². The van der Waals surface area contributed by atoms with Crippen molar-refractivity contribution < 1.29 is 4.23 Å². The van der Waals surface area contributed by atoms with Crippen molar-refractivity contribution in [3.63, 3.8) is 0 Å². The molecule has 0 N–H and O–H groups in total. The summed E-state index contributed by atoms with van der Waals surface area (Å²) in [5.74, 6) is 0. The summed E-state index contributed by atoms with van der Waals surface area (Å²) < 4.78 is 4.75. The summed E-state index contributed by atoms with van der Waals surface area (Å²) >= 11 is 9.09. The SMILES string of the molecule is C[Si-]12(Cl)Sc3ccccc3N1Cc1cccc[n+]12. The van der Waals surface area contributed by atoms with E-state index in [1.807, 2.05) is 11.2 Å². The summed E-state index contributed by atoms with van der Waals surface area (Å²) in [6.07, 6.45) is -0.772. The summed E-state index contributed by atoms with van der Waals surface area (Å²) in [6.45, 7) is 3.15. The van der Waals surface area contributed by atoms with Gasteiger partial charge in [0.05, 0.1) is 0 Å². The van der Waals surface area contributed by atoms with E-state index in [0.717, 1.165) is 6.54 Å². The van der Waals surface area contributed by atoms with Gasteiger partial charge in [-0.3, -0.25) is 0 Å². The van der Waals surface area contributed by atoms with E-state index in [4.69, 9.17) is 11.1 Å². The van der Waals surface area contributed by atoms with Crippen LogP contribution in [-0.2, 0) is 6.54 Å². The zero-order valence-electron chi connectivity index (χ0n) is 10.0.